The van der Waals surface area contributed by atoms with E-state index in [0.717, 1.165) is 63.2 Å². The number of likely N-dealkylation sites (N-methyl/N-ethyl adjacent to an activating group) is 1. The van der Waals surface area contributed by atoms with Crippen LogP contribution in [0.2, 0.25) is 0 Å². The van der Waals surface area contributed by atoms with Crippen LogP contribution in [0.15, 0.2) is 24.4 Å². The maximum absolute atomic E-state index is 13.6. The largest absolute Gasteiger partial charge is 0.335 e. The van der Waals surface area contributed by atoms with Gasteiger partial charge in [0.1, 0.15) is 5.65 Å². The van der Waals surface area contributed by atoms with E-state index in [1.807, 2.05) is 23.1 Å². The molecule has 2 saturated heterocycles. The van der Waals surface area contributed by atoms with Gasteiger partial charge < -0.3 is 14.2 Å². The molecule has 0 bridgehead atoms. The van der Waals surface area contributed by atoms with Crippen molar-refractivity contribution in [3.63, 3.8) is 0 Å². The third kappa shape index (κ3) is 4.43. The van der Waals surface area contributed by atoms with Crippen molar-refractivity contribution in [2.24, 2.45) is 0 Å². The van der Waals surface area contributed by atoms with Gasteiger partial charge in [0, 0.05) is 64.1 Å². The van der Waals surface area contributed by atoms with E-state index in [-0.39, 0.29) is 5.91 Å². The Hall–Kier alpha value is -1.96. The van der Waals surface area contributed by atoms with Crippen molar-refractivity contribution in [2.45, 2.75) is 57.2 Å². The molecule has 1 unspecified atom stereocenters. The molecular formula is C25H38N6O. The molecule has 5 rings (SSSR count). The number of amides is 1. The number of carbonyl (C=O) groups excluding carboxylic acids is 1. The highest BCUT2D eigenvalue weighted by Gasteiger charge is 2.31. The summed E-state index contributed by atoms with van der Waals surface area (Å²) in [5.41, 5.74) is 2.56. The van der Waals surface area contributed by atoms with Crippen molar-refractivity contribution in [1.82, 2.24) is 29.0 Å². The van der Waals surface area contributed by atoms with Gasteiger partial charge in [-0.25, -0.2) is 4.98 Å². The van der Waals surface area contributed by atoms with Crippen molar-refractivity contribution in [2.75, 3.05) is 53.4 Å². The van der Waals surface area contributed by atoms with Crippen LogP contribution in [0.25, 0.3) is 5.65 Å². The lowest BCUT2D eigenvalue weighted by Crippen LogP contribution is -2.52. The molecule has 1 aliphatic carbocycles. The summed E-state index contributed by atoms with van der Waals surface area (Å²) >= 11 is 0. The first-order valence-electron chi connectivity index (χ1n) is 12.5. The number of piperazine rings is 1. The normalized spacial score (nSPS) is 24.1. The van der Waals surface area contributed by atoms with Gasteiger partial charge in [0.25, 0.3) is 5.91 Å². The van der Waals surface area contributed by atoms with E-state index in [4.69, 9.17) is 4.98 Å². The van der Waals surface area contributed by atoms with Crippen molar-refractivity contribution in [3.8, 4) is 0 Å². The molecule has 7 nitrogen and oxygen atoms in total. The monoisotopic (exact) mass is 438 g/mol. The Balaban J connectivity index is 1.31. The fraction of sp³-hybridized carbons (Fsp3) is 0.680. The molecule has 0 aromatic carbocycles. The maximum Gasteiger partial charge on any atom is 0.274 e. The topological polar surface area (TPSA) is 47.3 Å². The molecule has 174 valence electrons. The van der Waals surface area contributed by atoms with E-state index in [1.165, 1.54) is 38.5 Å². The Morgan fingerprint density at radius 1 is 1.03 bits per heavy atom. The summed E-state index contributed by atoms with van der Waals surface area (Å²) in [6, 6.07) is 7.35. The molecule has 1 amide bonds. The Labute approximate surface area is 192 Å². The highest BCUT2D eigenvalue weighted by Crippen LogP contribution is 2.25. The second-order valence-electron chi connectivity index (χ2n) is 10.1. The van der Waals surface area contributed by atoms with Crippen LogP contribution in [0.3, 0.4) is 0 Å². The third-order valence-electron chi connectivity index (χ3n) is 7.88. The number of nitrogens with zero attached hydrogens (tertiary/aromatic N) is 6. The quantitative estimate of drug-likeness (QED) is 0.718. The zero-order chi connectivity index (χ0) is 22.1. The third-order valence-corrected chi connectivity index (χ3v) is 7.88. The van der Waals surface area contributed by atoms with E-state index >= 15 is 0 Å². The molecule has 0 N–H and O–H groups in total. The number of aromatic nitrogens is 2. The summed E-state index contributed by atoms with van der Waals surface area (Å²) in [6.45, 7) is 6.51. The van der Waals surface area contributed by atoms with Crippen LogP contribution in [-0.2, 0) is 6.54 Å². The van der Waals surface area contributed by atoms with Crippen LogP contribution in [0.4, 0.5) is 0 Å². The molecule has 0 spiro atoms. The first kappa shape index (κ1) is 21.9. The summed E-state index contributed by atoms with van der Waals surface area (Å²) in [5.74, 6) is 0.107. The second kappa shape index (κ2) is 9.49. The number of imidazole rings is 1. The van der Waals surface area contributed by atoms with Gasteiger partial charge in [-0.15, -0.1) is 0 Å². The second-order valence-corrected chi connectivity index (χ2v) is 10.1. The zero-order valence-corrected chi connectivity index (χ0v) is 19.7. The van der Waals surface area contributed by atoms with Gasteiger partial charge in [-0.1, -0.05) is 25.3 Å². The van der Waals surface area contributed by atoms with Crippen LogP contribution < -0.4 is 0 Å². The number of fused-ring (bicyclic) bond motifs is 1. The standard InChI is InChI=1S/C25H38N6O/c1-27(2)21-11-13-28(18-21)19-22-24(26-23-10-6-7-12-31(22)23)25(32)30-16-14-29(15-17-30)20-8-4-3-5-9-20/h6-7,10,12,20-21H,3-5,8-9,11,13-19H2,1-2H3. The van der Waals surface area contributed by atoms with Crippen molar-refractivity contribution in [1.29, 1.82) is 0 Å². The minimum atomic E-state index is 0.107. The molecule has 0 radical (unpaired) electrons. The molecule has 3 fully saturated rings. The Kier molecular flexibility index (Phi) is 6.49. The maximum atomic E-state index is 13.6. The number of rotatable bonds is 5. The van der Waals surface area contributed by atoms with E-state index in [9.17, 15) is 4.79 Å². The van der Waals surface area contributed by atoms with Crippen molar-refractivity contribution >= 4 is 11.6 Å². The fourth-order valence-electron chi connectivity index (χ4n) is 5.84. The van der Waals surface area contributed by atoms with Crippen LogP contribution in [0, 0.1) is 0 Å². The zero-order valence-electron chi connectivity index (χ0n) is 19.7. The van der Waals surface area contributed by atoms with Gasteiger partial charge in [-0.2, -0.15) is 0 Å². The van der Waals surface area contributed by atoms with Crippen LogP contribution in [0.1, 0.15) is 54.7 Å². The number of hydrogen-bond acceptors (Lipinski definition) is 5. The highest BCUT2D eigenvalue weighted by molar-refractivity contribution is 5.94. The molecule has 2 aromatic heterocycles. The van der Waals surface area contributed by atoms with Gasteiger partial charge in [-0.3, -0.25) is 14.6 Å². The first-order chi connectivity index (χ1) is 15.6. The van der Waals surface area contributed by atoms with Gasteiger partial charge in [-0.05, 0) is 45.5 Å². The van der Waals surface area contributed by atoms with Gasteiger partial charge in [0.15, 0.2) is 5.69 Å². The molecule has 1 atom stereocenters. The minimum absolute atomic E-state index is 0.107. The van der Waals surface area contributed by atoms with E-state index < -0.39 is 0 Å². The summed E-state index contributed by atoms with van der Waals surface area (Å²) < 4.78 is 2.12. The first-order valence-corrected chi connectivity index (χ1v) is 12.5. The summed E-state index contributed by atoms with van der Waals surface area (Å²) in [6.07, 6.45) is 9.99. The molecule has 2 aliphatic heterocycles. The minimum Gasteiger partial charge on any atom is -0.335 e. The average molecular weight is 439 g/mol. The SMILES string of the molecule is CN(C)C1CCN(Cc2c(C(=O)N3CCN(C4CCCCC4)CC3)nc3ccccn23)C1. The average Bonchev–Trinajstić information content (AvgIpc) is 3.45. The smallest absolute Gasteiger partial charge is 0.274 e. The van der Waals surface area contributed by atoms with Gasteiger partial charge in [0.05, 0.1) is 5.69 Å². The summed E-state index contributed by atoms with van der Waals surface area (Å²) in [5, 5.41) is 0. The van der Waals surface area contributed by atoms with E-state index in [2.05, 4.69) is 39.4 Å². The lowest BCUT2D eigenvalue weighted by molar-refractivity contribution is 0.0517. The number of hydrogen-bond donors (Lipinski definition) is 0. The van der Waals surface area contributed by atoms with Crippen LogP contribution in [-0.4, -0.2) is 100 Å². The van der Waals surface area contributed by atoms with Crippen LogP contribution >= 0.6 is 0 Å². The molecule has 3 aliphatic rings. The van der Waals surface area contributed by atoms with Crippen LogP contribution in [0.5, 0.6) is 0 Å². The fourth-order valence-corrected chi connectivity index (χ4v) is 5.84. The van der Waals surface area contributed by atoms with Gasteiger partial charge >= 0.3 is 0 Å². The van der Waals surface area contributed by atoms with E-state index in [0.29, 0.717) is 11.7 Å². The summed E-state index contributed by atoms with van der Waals surface area (Å²) in [7, 11) is 4.31. The molecule has 1 saturated carbocycles. The lowest BCUT2D eigenvalue weighted by atomic mass is 9.94. The Morgan fingerprint density at radius 2 is 1.81 bits per heavy atom. The number of carbonyl (C=O) groups is 1. The summed E-state index contributed by atoms with van der Waals surface area (Å²) in [4.78, 5) is 27.9. The van der Waals surface area contributed by atoms with Gasteiger partial charge in [0.2, 0.25) is 0 Å². The molecule has 32 heavy (non-hydrogen) atoms. The van der Waals surface area contributed by atoms with E-state index in [1.54, 1.807) is 0 Å². The lowest BCUT2D eigenvalue weighted by Gasteiger charge is -2.40. The van der Waals surface area contributed by atoms with Crippen molar-refractivity contribution in [3.05, 3.63) is 35.8 Å². The highest BCUT2D eigenvalue weighted by atomic mass is 16.2. The molecule has 2 aromatic rings. The Bertz CT molecular complexity index is 926. The predicted octanol–water partition coefficient (Wildman–Crippen LogP) is 2.56. The molecule has 7 heteroatoms. The Morgan fingerprint density at radius 3 is 2.53 bits per heavy atom. The molecule has 4 heterocycles. The predicted molar refractivity (Wildman–Crippen MR) is 127 cm³/mol. The van der Waals surface area contributed by atoms with Crippen molar-refractivity contribution < 1.29 is 4.79 Å². The number of pyridine rings is 1. The number of likely N-dealkylation sites (tertiary alicyclic amines) is 1. The molecular weight excluding hydrogens is 400 g/mol.